The molecule has 3 fully saturated rings. The van der Waals surface area contributed by atoms with Crippen LogP contribution in [0.3, 0.4) is 0 Å². The number of aromatic nitrogens is 1. The Morgan fingerprint density at radius 2 is 1.92 bits per heavy atom. The molecule has 0 atom stereocenters. The van der Waals surface area contributed by atoms with Crippen molar-refractivity contribution in [1.29, 1.82) is 0 Å². The molecule has 1 spiro atoms. The lowest BCUT2D eigenvalue weighted by Gasteiger charge is -2.38. The topological polar surface area (TPSA) is 66.7 Å². The maximum Gasteiger partial charge on any atom is 0.259 e. The Bertz CT molecular complexity index is 655. The molecule has 25 heavy (non-hydrogen) atoms. The minimum Gasteiger partial charge on any atom is -0.361 e. The molecule has 3 heterocycles. The molecule has 2 aliphatic heterocycles. The number of nitrogens with zero attached hydrogens (tertiary/aromatic N) is 3. The summed E-state index contributed by atoms with van der Waals surface area (Å²) < 4.78 is 5.01. The van der Waals surface area contributed by atoms with Crippen molar-refractivity contribution in [2.24, 2.45) is 11.3 Å². The molecule has 2 saturated heterocycles. The molecule has 6 heteroatoms. The lowest BCUT2D eigenvalue weighted by atomic mass is 9.77. The third-order valence-electron chi connectivity index (χ3n) is 6.54. The number of carbonyl (C=O) groups is 2. The second-order valence-corrected chi connectivity index (χ2v) is 8.02. The van der Waals surface area contributed by atoms with Gasteiger partial charge < -0.3 is 14.3 Å². The van der Waals surface area contributed by atoms with E-state index in [-0.39, 0.29) is 11.3 Å². The maximum absolute atomic E-state index is 13.0. The fraction of sp³-hybridized carbons (Fsp3) is 0.737. The molecular formula is C19H27N3O3. The van der Waals surface area contributed by atoms with Crippen LogP contribution in [0.4, 0.5) is 0 Å². The van der Waals surface area contributed by atoms with Crippen LogP contribution in [0.5, 0.6) is 0 Å². The average molecular weight is 345 g/mol. The maximum atomic E-state index is 13.0. The van der Waals surface area contributed by atoms with Crippen LogP contribution in [-0.4, -0.2) is 52.9 Å². The first-order chi connectivity index (χ1) is 12.1. The van der Waals surface area contributed by atoms with Crippen LogP contribution >= 0.6 is 0 Å². The number of aryl methyl sites for hydroxylation is 1. The van der Waals surface area contributed by atoms with Gasteiger partial charge in [0, 0.05) is 26.2 Å². The van der Waals surface area contributed by atoms with Gasteiger partial charge in [-0.15, -0.1) is 0 Å². The highest BCUT2D eigenvalue weighted by Crippen LogP contribution is 2.42. The van der Waals surface area contributed by atoms with Crippen molar-refractivity contribution in [2.45, 2.75) is 51.9 Å². The predicted molar refractivity (Wildman–Crippen MR) is 92.0 cm³/mol. The molecule has 136 valence electrons. The van der Waals surface area contributed by atoms with Gasteiger partial charge in [-0.05, 0) is 44.9 Å². The molecule has 4 rings (SSSR count). The molecule has 0 unspecified atom stereocenters. The first-order valence-corrected chi connectivity index (χ1v) is 9.59. The fourth-order valence-corrected chi connectivity index (χ4v) is 4.85. The summed E-state index contributed by atoms with van der Waals surface area (Å²) in [7, 11) is 0. The van der Waals surface area contributed by atoms with Crippen molar-refractivity contribution in [2.75, 3.05) is 26.2 Å². The fourth-order valence-electron chi connectivity index (χ4n) is 4.85. The molecule has 0 N–H and O–H groups in total. The van der Waals surface area contributed by atoms with Crippen LogP contribution in [0.2, 0.25) is 0 Å². The third kappa shape index (κ3) is 2.96. The summed E-state index contributed by atoms with van der Waals surface area (Å²) in [5, 5.41) is 3.70. The van der Waals surface area contributed by atoms with Crippen LogP contribution in [-0.2, 0) is 4.79 Å². The van der Waals surface area contributed by atoms with E-state index in [0.717, 1.165) is 32.4 Å². The number of likely N-dealkylation sites (tertiary alicyclic amines) is 2. The highest BCUT2D eigenvalue weighted by molar-refractivity contribution is 5.95. The Morgan fingerprint density at radius 1 is 1.24 bits per heavy atom. The van der Waals surface area contributed by atoms with E-state index >= 15 is 0 Å². The smallest absolute Gasteiger partial charge is 0.259 e. The van der Waals surface area contributed by atoms with Gasteiger partial charge in [0.1, 0.15) is 11.3 Å². The molecule has 2 amide bonds. The zero-order chi connectivity index (χ0) is 17.4. The van der Waals surface area contributed by atoms with Crippen LogP contribution in [0, 0.1) is 18.3 Å². The van der Waals surface area contributed by atoms with Gasteiger partial charge in [-0.2, -0.15) is 0 Å². The molecule has 6 nitrogen and oxygen atoms in total. The summed E-state index contributed by atoms with van der Waals surface area (Å²) in [6.45, 7) is 4.89. The van der Waals surface area contributed by atoms with Gasteiger partial charge >= 0.3 is 0 Å². The van der Waals surface area contributed by atoms with Gasteiger partial charge in [0.2, 0.25) is 5.91 Å². The molecule has 1 aliphatic carbocycles. The van der Waals surface area contributed by atoms with E-state index in [4.69, 9.17) is 4.52 Å². The number of hydrogen-bond donors (Lipinski definition) is 0. The number of hydrogen-bond acceptors (Lipinski definition) is 4. The predicted octanol–water partition coefficient (Wildman–Crippen LogP) is 2.63. The number of carbonyl (C=O) groups excluding carboxylic acids is 2. The zero-order valence-electron chi connectivity index (χ0n) is 15.0. The second-order valence-electron chi connectivity index (χ2n) is 8.02. The number of rotatable bonds is 3. The van der Waals surface area contributed by atoms with Crippen molar-refractivity contribution in [1.82, 2.24) is 15.0 Å². The Morgan fingerprint density at radius 3 is 2.56 bits per heavy atom. The van der Waals surface area contributed by atoms with Crippen molar-refractivity contribution in [3.05, 3.63) is 17.5 Å². The highest BCUT2D eigenvalue weighted by atomic mass is 16.5. The van der Waals surface area contributed by atoms with E-state index in [1.807, 2.05) is 4.90 Å². The lowest BCUT2D eigenvalue weighted by molar-refractivity contribution is -0.138. The quantitative estimate of drug-likeness (QED) is 0.845. The van der Waals surface area contributed by atoms with Crippen LogP contribution in [0.1, 0.15) is 61.1 Å². The Balaban J connectivity index is 1.37. The Kier molecular flexibility index (Phi) is 4.29. The van der Waals surface area contributed by atoms with Crippen molar-refractivity contribution in [3.63, 3.8) is 0 Å². The lowest BCUT2D eigenvalue weighted by Crippen LogP contribution is -2.47. The van der Waals surface area contributed by atoms with Crippen LogP contribution < -0.4 is 0 Å². The standard InChI is InChI=1S/C19H27N3O3/c1-14-16(12-20-25-14)17(23)21-9-6-19(7-10-21)8-11-22(18(19)24)13-15-4-2-3-5-15/h12,15H,2-11,13H2,1H3. The average Bonchev–Trinajstić information content (AvgIpc) is 3.34. The van der Waals surface area contributed by atoms with E-state index in [2.05, 4.69) is 10.1 Å². The van der Waals surface area contributed by atoms with E-state index in [1.165, 1.54) is 31.9 Å². The second kappa shape index (κ2) is 6.46. The Labute approximate surface area is 148 Å². The van der Waals surface area contributed by atoms with Gasteiger partial charge in [0.05, 0.1) is 11.6 Å². The van der Waals surface area contributed by atoms with Gasteiger partial charge in [0.25, 0.3) is 5.91 Å². The summed E-state index contributed by atoms with van der Waals surface area (Å²) in [6.07, 6.45) is 9.19. The minimum absolute atomic E-state index is 0.0261. The molecule has 0 aromatic carbocycles. The van der Waals surface area contributed by atoms with Gasteiger partial charge in [-0.25, -0.2) is 0 Å². The van der Waals surface area contributed by atoms with E-state index in [9.17, 15) is 9.59 Å². The van der Waals surface area contributed by atoms with Crippen LogP contribution in [0.15, 0.2) is 10.7 Å². The van der Waals surface area contributed by atoms with Crippen molar-refractivity contribution in [3.8, 4) is 0 Å². The zero-order valence-corrected chi connectivity index (χ0v) is 15.0. The third-order valence-corrected chi connectivity index (χ3v) is 6.54. The van der Waals surface area contributed by atoms with Crippen molar-refractivity contribution < 1.29 is 14.1 Å². The van der Waals surface area contributed by atoms with E-state index < -0.39 is 0 Å². The number of piperidine rings is 1. The molecule has 3 aliphatic rings. The highest BCUT2D eigenvalue weighted by Gasteiger charge is 2.49. The summed E-state index contributed by atoms with van der Waals surface area (Å²) in [5.74, 6) is 1.58. The summed E-state index contributed by atoms with van der Waals surface area (Å²) in [6, 6.07) is 0. The van der Waals surface area contributed by atoms with Gasteiger partial charge in [-0.3, -0.25) is 9.59 Å². The largest absolute Gasteiger partial charge is 0.361 e. The molecule has 1 aromatic heterocycles. The first kappa shape index (κ1) is 16.6. The number of amides is 2. The van der Waals surface area contributed by atoms with Crippen LogP contribution in [0.25, 0.3) is 0 Å². The summed E-state index contributed by atoms with van der Waals surface area (Å²) in [5.41, 5.74) is 0.315. The van der Waals surface area contributed by atoms with Gasteiger partial charge in [0.15, 0.2) is 0 Å². The molecule has 1 saturated carbocycles. The normalized spacial score (nSPS) is 23.8. The van der Waals surface area contributed by atoms with Crippen molar-refractivity contribution >= 4 is 11.8 Å². The monoisotopic (exact) mass is 345 g/mol. The molecule has 1 aromatic rings. The molecule has 0 bridgehead atoms. The first-order valence-electron chi connectivity index (χ1n) is 9.59. The summed E-state index contributed by atoms with van der Waals surface area (Å²) in [4.78, 5) is 29.6. The minimum atomic E-state index is -0.223. The SMILES string of the molecule is Cc1oncc1C(=O)N1CCC2(CC1)CCN(CC1CCCC1)C2=O. The molecular weight excluding hydrogens is 318 g/mol. The van der Waals surface area contributed by atoms with Gasteiger partial charge in [-0.1, -0.05) is 18.0 Å². The molecule has 0 radical (unpaired) electrons. The van der Waals surface area contributed by atoms with E-state index in [1.54, 1.807) is 6.92 Å². The van der Waals surface area contributed by atoms with E-state index in [0.29, 0.717) is 36.2 Å². The summed E-state index contributed by atoms with van der Waals surface area (Å²) >= 11 is 0. The Hall–Kier alpha value is -1.85.